The van der Waals surface area contributed by atoms with Crippen molar-refractivity contribution < 1.29 is 14.4 Å². The molecule has 6 heteroatoms. The fraction of sp³-hybridized carbons (Fsp3) is 0.550. The van der Waals surface area contributed by atoms with Crippen LogP contribution in [0.15, 0.2) is 24.3 Å². The highest BCUT2D eigenvalue weighted by atomic mass is 16.2. The maximum absolute atomic E-state index is 13.2. The summed E-state index contributed by atoms with van der Waals surface area (Å²) < 4.78 is 0. The number of urea groups is 1. The van der Waals surface area contributed by atoms with E-state index in [1.54, 1.807) is 0 Å². The first-order chi connectivity index (χ1) is 12.3. The molecule has 2 aliphatic rings. The molecule has 4 amide bonds. The van der Waals surface area contributed by atoms with Gasteiger partial charge in [0.05, 0.1) is 0 Å². The van der Waals surface area contributed by atoms with Gasteiger partial charge in [0.2, 0.25) is 5.91 Å². The third-order valence-electron chi connectivity index (χ3n) is 5.56. The number of hydrogen-bond donors (Lipinski definition) is 2. The molecule has 0 bridgehead atoms. The lowest BCUT2D eigenvalue weighted by Gasteiger charge is -2.28. The van der Waals surface area contributed by atoms with Crippen molar-refractivity contribution in [3.8, 4) is 0 Å². The second-order valence-electron chi connectivity index (χ2n) is 7.88. The highest BCUT2D eigenvalue weighted by Gasteiger charge is 2.53. The molecule has 0 saturated carbocycles. The lowest BCUT2D eigenvalue weighted by Crippen LogP contribution is -2.49. The van der Waals surface area contributed by atoms with Crippen molar-refractivity contribution >= 4 is 17.8 Å². The number of benzene rings is 1. The van der Waals surface area contributed by atoms with Gasteiger partial charge in [-0.25, -0.2) is 4.79 Å². The molecule has 6 nitrogen and oxygen atoms in total. The molecule has 0 radical (unpaired) electrons. The monoisotopic (exact) mass is 357 g/mol. The Kier molecular flexibility index (Phi) is 4.78. The number of carbonyl (C=O) groups excluding carboxylic acids is 3. The van der Waals surface area contributed by atoms with E-state index in [9.17, 15) is 14.4 Å². The Hall–Kier alpha value is -2.37. The number of fused-ring (bicyclic) bond motifs is 2. The Labute approximate surface area is 154 Å². The highest BCUT2D eigenvalue weighted by molar-refractivity contribution is 6.09. The van der Waals surface area contributed by atoms with E-state index in [1.165, 1.54) is 0 Å². The van der Waals surface area contributed by atoms with E-state index in [1.807, 2.05) is 45.0 Å². The second kappa shape index (κ2) is 6.74. The third-order valence-corrected chi connectivity index (χ3v) is 5.56. The summed E-state index contributed by atoms with van der Waals surface area (Å²) in [6.45, 7) is 5.56. The summed E-state index contributed by atoms with van der Waals surface area (Å²) >= 11 is 0. The Bertz CT molecular complexity index is 744. The minimum absolute atomic E-state index is 0.252. The van der Waals surface area contributed by atoms with E-state index in [0.29, 0.717) is 6.42 Å². The number of hydrogen-bond acceptors (Lipinski definition) is 3. The van der Waals surface area contributed by atoms with Gasteiger partial charge in [0.1, 0.15) is 12.1 Å². The number of imide groups is 1. The van der Waals surface area contributed by atoms with Gasteiger partial charge < -0.3 is 10.6 Å². The van der Waals surface area contributed by atoms with Crippen LogP contribution in [-0.4, -0.2) is 34.8 Å². The number of aryl methyl sites for hydroxylation is 1. The van der Waals surface area contributed by atoms with Crippen LogP contribution in [0.2, 0.25) is 0 Å². The van der Waals surface area contributed by atoms with Crippen molar-refractivity contribution in [2.75, 3.05) is 6.54 Å². The van der Waals surface area contributed by atoms with Crippen LogP contribution in [0.25, 0.3) is 0 Å². The summed E-state index contributed by atoms with van der Waals surface area (Å²) in [5.74, 6) is -0.638. The minimum Gasteiger partial charge on any atom is -0.350 e. The van der Waals surface area contributed by atoms with E-state index >= 15 is 0 Å². The van der Waals surface area contributed by atoms with Crippen LogP contribution in [0.3, 0.4) is 0 Å². The van der Waals surface area contributed by atoms with Crippen molar-refractivity contribution in [2.24, 2.45) is 0 Å². The van der Waals surface area contributed by atoms with E-state index in [0.717, 1.165) is 41.7 Å². The molecule has 1 spiro atoms. The summed E-state index contributed by atoms with van der Waals surface area (Å²) in [6.07, 6.45) is 4.05. The van der Waals surface area contributed by atoms with Gasteiger partial charge >= 0.3 is 6.03 Å². The number of carbonyl (C=O) groups is 3. The predicted octanol–water partition coefficient (Wildman–Crippen LogP) is 2.46. The minimum atomic E-state index is -1.04. The van der Waals surface area contributed by atoms with Gasteiger partial charge in [0, 0.05) is 5.54 Å². The zero-order valence-corrected chi connectivity index (χ0v) is 15.7. The van der Waals surface area contributed by atoms with Crippen molar-refractivity contribution in [1.29, 1.82) is 0 Å². The first-order valence-electron chi connectivity index (χ1n) is 9.32. The molecule has 1 heterocycles. The van der Waals surface area contributed by atoms with Gasteiger partial charge in [0.15, 0.2) is 0 Å². The smallest absolute Gasteiger partial charge is 0.325 e. The molecule has 26 heavy (non-hydrogen) atoms. The van der Waals surface area contributed by atoms with Crippen LogP contribution in [0.4, 0.5) is 4.79 Å². The molecule has 1 atom stereocenters. The Balaban J connectivity index is 1.86. The number of amides is 4. The predicted molar refractivity (Wildman–Crippen MR) is 98.4 cm³/mol. The normalized spacial score (nSPS) is 22.8. The van der Waals surface area contributed by atoms with Crippen LogP contribution in [0.1, 0.15) is 57.6 Å². The lowest BCUT2D eigenvalue weighted by atomic mass is 9.84. The molecular formula is C20H27N3O3. The maximum Gasteiger partial charge on any atom is 0.325 e. The zero-order chi connectivity index (χ0) is 18.9. The van der Waals surface area contributed by atoms with E-state index in [4.69, 9.17) is 0 Å². The van der Waals surface area contributed by atoms with Crippen LogP contribution < -0.4 is 10.6 Å². The Morgan fingerprint density at radius 3 is 2.73 bits per heavy atom. The van der Waals surface area contributed by atoms with Crippen molar-refractivity contribution in [3.63, 3.8) is 0 Å². The summed E-state index contributed by atoms with van der Waals surface area (Å²) in [6, 6.07) is 7.29. The van der Waals surface area contributed by atoms with Crippen LogP contribution in [0.5, 0.6) is 0 Å². The van der Waals surface area contributed by atoms with Gasteiger partial charge in [-0.1, -0.05) is 31.2 Å². The molecule has 2 N–H and O–H groups in total. The van der Waals surface area contributed by atoms with Crippen LogP contribution in [0, 0.1) is 0 Å². The third kappa shape index (κ3) is 3.20. The van der Waals surface area contributed by atoms with Gasteiger partial charge in [0.25, 0.3) is 5.91 Å². The van der Waals surface area contributed by atoms with Crippen molar-refractivity contribution in [3.05, 3.63) is 35.4 Å². The first kappa shape index (κ1) is 18.4. The Morgan fingerprint density at radius 2 is 2.00 bits per heavy atom. The fourth-order valence-corrected chi connectivity index (χ4v) is 3.77. The van der Waals surface area contributed by atoms with Crippen molar-refractivity contribution in [2.45, 2.75) is 64.0 Å². The van der Waals surface area contributed by atoms with E-state index < -0.39 is 11.6 Å². The molecular weight excluding hydrogens is 330 g/mol. The Morgan fingerprint density at radius 1 is 1.27 bits per heavy atom. The molecule has 1 fully saturated rings. The van der Waals surface area contributed by atoms with Crippen LogP contribution >= 0.6 is 0 Å². The van der Waals surface area contributed by atoms with E-state index in [-0.39, 0.29) is 23.9 Å². The molecule has 0 aromatic heterocycles. The van der Waals surface area contributed by atoms with Gasteiger partial charge in [-0.05, 0) is 57.1 Å². The molecule has 3 rings (SSSR count). The quantitative estimate of drug-likeness (QED) is 0.813. The molecule has 1 saturated heterocycles. The summed E-state index contributed by atoms with van der Waals surface area (Å²) in [5.41, 5.74) is 0.554. The molecule has 1 aromatic carbocycles. The summed E-state index contributed by atoms with van der Waals surface area (Å²) in [7, 11) is 0. The zero-order valence-electron chi connectivity index (χ0n) is 15.7. The van der Waals surface area contributed by atoms with Gasteiger partial charge in [-0.15, -0.1) is 0 Å². The van der Waals surface area contributed by atoms with Crippen molar-refractivity contribution in [1.82, 2.24) is 15.5 Å². The number of rotatable bonds is 4. The molecule has 1 aliphatic carbocycles. The highest BCUT2D eigenvalue weighted by Crippen LogP contribution is 2.38. The molecule has 140 valence electrons. The van der Waals surface area contributed by atoms with Gasteiger partial charge in [-0.3, -0.25) is 14.5 Å². The summed E-state index contributed by atoms with van der Waals surface area (Å²) in [4.78, 5) is 39.2. The molecule has 1 aromatic rings. The summed E-state index contributed by atoms with van der Waals surface area (Å²) in [5, 5.41) is 5.79. The van der Waals surface area contributed by atoms with Crippen LogP contribution in [-0.2, 0) is 21.5 Å². The maximum atomic E-state index is 13.2. The van der Waals surface area contributed by atoms with E-state index in [2.05, 4.69) is 10.6 Å². The number of nitrogens with one attached hydrogen (secondary N) is 2. The first-order valence-corrected chi connectivity index (χ1v) is 9.32. The second-order valence-corrected chi connectivity index (χ2v) is 7.88. The standard InChI is InChI=1S/C20H27N3O3/c1-4-19(2,3)21-16(24)13-23-17(25)20(22-18(23)26)12-8-7-10-14-9-5-6-11-15(14)20/h5-6,9,11H,4,7-8,10,12-13H2,1-3H3,(H,21,24)(H,22,26)/t20-/m0/s1. The van der Waals surface area contributed by atoms with Gasteiger partial charge in [-0.2, -0.15) is 0 Å². The topological polar surface area (TPSA) is 78.5 Å². The SMILES string of the molecule is CCC(C)(C)NC(=O)CN1C(=O)N[C@]2(CCCCc3ccccc32)C1=O. The molecule has 1 aliphatic heterocycles. The lowest BCUT2D eigenvalue weighted by molar-refractivity contribution is -0.136. The average molecular weight is 357 g/mol. The fourth-order valence-electron chi connectivity index (χ4n) is 3.77. The number of nitrogens with zero attached hydrogens (tertiary/aromatic N) is 1. The average Bonchev–Trinajstić information content (AvgIpc) is 2.75. The largest absolute Gasteiger partial charge is 0.350 e. The molecule has 0 unspecified atom stereocenters.